The molecule has 7 nitrogen and oxygen atoms in total. The third kappa shape index (κ3) is 4.72. The number of carboxylic acids is 1. The highest BCUT2D eigenvalue weighted by molar-refractivity contribution is 9.10. The van der Waals surface area contributed by atoms with Crippen molar-refractivity contribution < 1.29 is 14.7 Å². The molecule has 3 rings (SSSR count). The van der Waals surface area contributed by atoms with Crippen molar-refractivity contribution in [2.24, 2.45) is 0 Å². The molecule has 1 heterocycles. The summed E-state index contributed by atoms with van der Waals surface area (Å²) in [5.74, 6) is -1.59. The topological polar surface area (TPSA) is 111 Å². The van der Waals surface area contributed by atoms with Gasteiger partial charge >= 0.3 is 5.97 Å². The summed E-state index contributed by atoms with van der Waals surface area (Å²) in [5, 5.41) is 9.48. The number of hydrogen-bond acceptors (Lipinski definition) is 4. The summed E-state index contributed by atoms with van der Waals surface area (Å²) >= 11 is 3.46. The van der Waals surface area contributed by atoms with Gasteiger partial charge in [0.15, 0.2) is 0 Å². The highest BCUT2D eigenvalue weighted by Gasteiger charge is 2.18. The molecule has 8 heteroatoms. The predicted molar refractivity (Wildman–Crippen MR) is 115 cm³/mol. The van der Waals surface area contributed by atoms with Crippen LogP contribution in [0.5, 0.6) is 0 Å². The lowest BCUT2D eigenvalue weighted by Crippen LogP contribution is -2.37. The Hall–Kier alpha value is -3.39. The molecule has 0 atom stereocenters. The maximum Gasteiger partial charge on any atom is 0.303 e. The number of H-pyrrole nitrogens is 1. The van der Waals surface area contributed by atoms with E-state index in [0.29, 0.717) is 11.1 Å². The van der Waals surface area contributed by atoms with Crippen molar-refractivity contribution in [3.63, 3.8) is 0 Å². The summed E-state index contributed by atoms with van der Waals surface area (Å²) in [6, 6.07) is 14.9. The van der Waals surface area contributed by atoms with Crippen molar-refractivity contribution >= 4 is 44.4 Å². The average Bonchev–Trinajstić information content (AvgIpc) is 2.70. The molecule has 1 amide bonds. The first-order valence-corrected chi connectivity index (χ1v) is 9.53. The van der Waals surface area contributed by atoms with Gasteiger partial charge in [0, 0.05) is 27.4 Å². The molecule has 0 radical (unpaired) electrons. The van der Waals surface area contributed by atoms with E-state index in [1.807, 2.05) is 42.5 Å². The Morgan fingerprint density at radius 3 is 2.48 bits per heavy atom. The van der Waals surface area contributed by atoms with Crippen LogP contribution in [0.15, 0.2) is 64.4 Å². The van der Waals surface area contributed by atoms with Crippen molar-refractivity contribution in [1.29, 1.82) is 0 Å². The molecule has 0 spiro atoms. The summed E-state index contributed by atoms with van der Waals surface area (Å²) in [6.07, 6.45) is -0.484. The summed E-state index contributed by atoms with van der Waals surface area (Å²) in [5.41, 5.74) is 7.28. The molecule has 0 aliphatic rings. The molecular weight excluding hydrogens is 438 g/mol. The van der Waals surface area contributed by atoms with Crippen LogP contribution in [0.3, 0.4) is 0 Å². The van der Waals surface area contributed by atoms with E-state index >= 15 is 0 Å². The second-order valence-electron chi connectivity index (χ2n) is 6.31. The monoisotopic (exact) mass is 455 g/mol. The van der Waals surface area contributed by atoms with Gasteiger partial charge in [-0.1, -0.05) is 52.8 Å². The van der Waals surface area contributed by atoms with Gasteiger partial charge in [-0.15, -0.1) is 0 Å². The lowest BCUT2D eigenvalue weighted by molar-refractivity contribution is -0.138. The summed E-state index contributed by atoms with van der Waals surface area (Å²) in [6.45, 7) is 3.89. The molecule has 3 aromatic rings. The van der Waals surface area contributed by atoms with E-state index in [0.717, 1.165) is 15.4 Å². The quantitative estimate of drug-likeness (QED) is 0.408. The van der Waals surface area contributed by atoms with Crippen LogP contribution in [-0.4, -0.2) is 22.0 Å². The number of aromatic nitrogens is 1. The highest BCUT2D eigenvalue weighted by atomic mass is 79.9. The molecule has 0 aliphatic carbocycles. The van der Waals surface area contributed by atoms with Crippen LogP contribution in [-0.2, 0) is 9.59 Å². The minimum atomic E-state index is -1.07. The molecule has 0 bridgehead atoms. The number of nitrogens with one attached hydrogen (secondary N) is 3. The first-order valence-electron chi connectivity index (χ1n) is 8.73. The van der Waals surface area contributed by atoms with Gasteiger partial charge in [0.25, 0.3) is 5.56 Å². The van der Waals surface area contributed by atoms with Crippen LogP contribution in [0.1, 0.15) is 18.4 Å². The fourth-order valence-electron chi connectivity index (χ4n) is 2.95. The molecule has 0 aliphatic heterocycles. The number of rotatable bonds is 7. The largest absolute Gasteiger partial charge is 0.481 e. The minimum Gasteiger partial charge on any atom is -0.481 e. The third-order valence-corrected chi connectivity index (χ3v) is 4.75. The predicted octanol–water partition coefficient (Wildman–Crippen LogP) is 3.41. The van der Waals surface area contributed by atoms with Crippen molar-refractivity contribution in [2.75, 3.05) is 0 Å². The highest BCUT2D eigenvalue weighted by Crippen LogP contribution is 2.33. The third-order valence-electron chi connectivity index (χ3n) is 4.26. The first-order chi connectivity index (χ1) is 13.9. The molecule has 1 aromatic heterocycles. The van der Waals surface area contributed by atoms with Gasteiger partial charge in [0.1, 0.15) is 0 Å². The van der Waals surface area contributed by atoms with E-state index in [1.54, 1.807) is 6.07 Å². The Morgan fingerprint density at radius 2 is 1.79 bits per heavy atom. The Labute approximate surface area is 174 Å². The van der Waals surface area contributed by atoms with E-state index in [9.17, 15) is 14.4 Å². The van der Waals surface area contributed by atoms with Gasteiger partial charge in [-0.3, -0.25) is 25.2 Å². The number of aliphatic carboxylic acids is 1. The van der Waals surface area contributed by atoms with E-state index < -0.39 is 11.9 Å². The zero-order chi connectivity index (χ0) is 21.0. The van der Waals surface area contributed by atoms with Crippen molar-refractivity contribution in [3.05, 3.63) is 75.5 Å². The van der Waals surface area contributed by atoms with Gasteiger partial charge < -0.3 is 10.1 Å². The van der Waals surface area contributed by atoms with E-state index in [2.05, 4.69) is 38.3 Å². The summed E-state index contributed by atoms with van der Waals surface area (Å²) in [4.78, 5) is 38.1. The van der Waals surface area contributed by atoms with Crippen molar-refractivity contribution in [2.45, 2.75) is 12.8 Å². The number of carboxylic acid groups (broad SMARTS) is 1. The number of pyridine rings is 1. The van der Waals surface area contributed by atoms with Gasteiger partial charge in [0.2, 0.25) is 5.91 Å². The molecule has 2 aromatic carbocycles. The van der Waals surface area contributed by atoms with Crippen LogP contribution >= 0.6 is 15.9 Å². The average molecular weight is 456 g/mol. The fourth-order valence-corrected chi connectivity index (χ4v) is 3.31. The minimum absolute atomic E-state index is 0.190. The standard InChI is InChI=1S/C21H18BrN3O4/c1-12(24-25-17(26)9-10-18(27)28)19-20(13-5-3-2-4-6-13)15-11-14(22)7-8-16(15)23-21(19)29/h2-8,11,24H,1,9-10H2,(H,23,29)(H,25,26)(H,27,28). The van der Waals surface area contributed by atoms with Gasteiger partial charge in [0.05, 0.1) is 17.7 Å². The number of fused-ring (bicyclic) bond motifs is 1. The molecule has 148 valence electrons. The van der Waals surface area contributed by atoms with E-state index in [-0.39, 0.29) is 29.7 Å². The van der Waals surface area contributed by atoms with Crippen LogP contribution in [0.2, 0.25) is 0 Å². The summed E-state index contributed by atoms with van der Waals surface area (Å²) < 4.78 is 0.848. The van der Waals surface area contributed by atoms with Crippen LogP contribution in [0, 0.1) is 0 Å². The molecule has 29 heavy (non-hydrogen) atoms. The SMILES string of the molecule is C=C(NNC(=O)CCC(=O)O)c1c(-c2ccccc2)c2cc(Br)ccc2[nH]c1=O. The van der Waals surface area contributed by atoms with Crippen molar-refractivity contribution in [3.8, 4) is 11.1 Å². The molecule has 0 fully saturated rings. The number of benzene rings is 2. The smallest absolute Gasteiger partial charge is 0.303 e. The maximum absolute atomic E-state index is 12.9. The number of hydrazine groups is 1. The Morgan fingerprint density at radius 1 is 1.07 bits per heavy atom. The second kappa shape index (κ2) is 8.74. The second-order valence-corrected chi connectivity index (χ2v) is 7.22. The molecule has 0 saturated carbocycles. The number of hydrogen-bond donors (Lipinski definition) is 4. The molecule has 4 N–H and O–H groups in total. The maximum atomic E-state index is 12.9. The van der Waals surface area contributed by atoms with Crippen LogP contribution < -0.4 is 16.4 Å². The number of aromatic amines is 1. The zero-order valence-electron chi connectivity index (χ0n) is 15.3. The zero-order valence-corrected chi connectivity index (χ0v) is 16.9. The Kier molecular flexibility index (Phi) is 6.13. The van der Waals surface area contributed by atoms with Crippen molar-refractivity contribution in [1.82, 2.24) is 15.8 Å². The lowest BCUT2D eigenvalue weighted by Gasteiger charge is -2.16. The number of halogens is 1. The van der Waals surface area contributed by atoms with Gasteiger partial charge in [-0.25, -0.2) is 0 Å². The molecule has 0 unspecified atom stereocenters. The van der Waals surface area contributed by atoms with Crippen LogP contribution in [0.4, 0.5) is 0 Å². The number of amides is 1. The number of carbonyl (C=O) groups is 2. The normalized spacial score (nSPS) is 10.5. The molecule has 0 saturated heterocycles. The van der Waals surface area contributed by atoms with Gasteiger partial charge in [-0.05, 0) is 23.8 Å². The van der Waals surface area contributed by atoms with E-state index in [1.165, 1.54) is 0 Å². The number of carbonyl (C=O) groups excluding carboxylic acids is 1. The first kappa shape index (κ1) is 20.3. The summed E-state index contributed by atoms with van der Waals surface area (Å²) in [7, 11) is 0. The van der Waals surface area contributed by atoms with Crippen LogP contribution in [0.25, 0.3) is 27.7 Å². The Balaban J connectivity index is 2.04. The van der Waals surface area contributed by atoms with E-state index in [4.69, 9.17) is 5.11 Å². The molecular formula is C21H18BrN3O4. The lowest BCUT2D eigenvalue weighted by atomic mass is 9.95. The Bertz CT molecular complexity index is 1160. The van der Waals surface area contributed by atoms with Gasteiger partial charge in [-0.2, -0.15) is 0 Å². The fraction of sp³-hybridized carbons (Fsp3) is 0.0952.